The number of fused-ring (bicyclic) bond motifs is 1. The maximum absolute atomic E-state index is 14.4. The molecule has 4 aliphatic rings. The van der Waals surface area contributed by atoms with Crippen LogP contribution in [0.25, 0.3) is 0 Å². The second-order valence-electron chi connectivity index (χ2n) is 16.6. The van der Waals surface area contributed by atoms with E-state index < -0.39 is 52.7 Å². The summed E-state index contributed by atoms with van der Waals surface area (Å²) in [5, 5.41) is 2.08. The van der Waals surface area contributed by atoms with Crippen molar-refractivity contribution in [1.82, 2.24) is 20.0 Å². The minimum Gasteiger partial charge on any atom is -0.460 e. The zero-order chi connectivity index (χ0) is 41.1. The summed E-state index contributed by atoms with van der Waals surface area (Å²) in [6, 6.07) is 17.7. The van der Waals surface area contributed by atoms with Crippen molar-refractivity contribution in [2.24, 2.45) is 0 Å². The van der Waals surface area contributed by atoms with Crippen LogP contribution in [0, 0.1) is 0 Å². The number of hydrogen-bond donors (Lipinski definition) is 1. The lowest BCUT2D eigenvalue weighted by Gasteiger charge is -2.49. The molecule has 14 heteroatoms. The van der Waals surface area contributed by atoms with Gasteiger partial charge in [-0.3, -0.25) is 24.1 Å². The van der Waals surface area contributed by atoms with Crippen molar-refractivity contribution in [3.63, 3.8) is 0 Å². The maximum Gasteiger partial charge on any atom is 0.408 e. The Labute approximate surface area is 338 Å². The average molecular weight is 801 g/mol. The number of rotatable bonds is 10. The van der Waals surface area contributed by atoms with Gasteiger partial charge in [0.15, 0.2) is 6.10 Å². The second kappa shape index (κ2) is 17.2. The van der Waals surface area contributed by atoms with Crippen molar-refractivity contribution in [2.75, 3.05) is 25.4 Å². The fourth-order valence-electron chi connectivity index (χ4n) is 7.44. The van der Waals surface area contributed by atoms with Crippen LogP contribution < -0.4 is 5.32 Å². The summed E-state index contributed by atoms with van der Waals surface area (Å²) in [4.78, 5) is 84.9. The third kappa shape index (κ3) is 10.1. The summed E-state index contributed by atoms with van der Waals surface area (Å²) in [6.07, 6.45) is 1.95. The molecule has 57 heavy (non-hydrogen) atoms. The molecule has 0 spiro atoms. The van der Waals surface area contributed by atoms with Gasteiger partial charge in [0, 0.05) is 43.4 Å². The number of nitrogens with one attached hydrogen (secondary N) is 1. The number of esters is 2. The Balaban J connectivity index is 1.20. The molecular weight excluding hydrogens is 749 g/mol. The van der Waals surface area contributed by atoms with Crippen molar-refractivity contribution < 1.29 is 43.0 Å². The Hall–Kier alpha value is -5.11. The smallest absolute Gasteiger partial charge is 0.408 e. The third-order valence-corrected chi connectivity index (χ3v) is 11.3. The molecule has 3 saturated heterocycles. The fraction of sp³-hybridized carbons (Fsp3) is 0.488. The summed E-state index contributed by atoms with van der Waals surface area (Å²) in [7, 11) is 0. The van der Waals surface area contributed by atoms with E-state index in [0.29, 0.717) is 50.0 Å². The first-order chi connectivity index (χ1) is 27.0. The van der Waals surface area contributed by atoms with E-state index in [4.69, 9.17) is 14.2 Å². The van der Waals surface area contributed by atoms with Crippen LogP contribution in [0.1, 0.15) is 90.9 Å². The average Bonchev–Trinajstić information content (AvgIpc) is 3.53. The first-order valence-electron chi connectivity index (χ1n) is 19.5. The lowest BCUT2D eigenvalue weighted by atomic mass is 10.00. The largest absolute Gasteiger partial charge is 0.460 e. The molecule has 2 aromatic carbocycles. The molecule has 0 aliphatic carbocycles. The van der Waals surface area contributed by atoms with E-state index in [9.17, 15) is 28.8 Å². The number of alkyl carbamates (subject to hydrolysis) is 1. The van der Waals surface area contributed by atoms with E-state index >= 15 is 0 Å². The Bertz CT molecular complexity index is 1890. The van der Waals surface area contributed by atoms with Gasteiger partial charge < -0.3 is 29.3 Å². The third-order valence-electron chi connectivity index (χ3n) is 10.0. The fourth-order valence-corrected chi connectivity index (χ4v) is 8.74. The summed E-state index contributed by atoms with van der Waals surface area (Å²) in [5.74, 6) is -1.59. The quantitative estimate of drug-likeness (QED) is 0.138. The Morgan fingerprint density at radius 1 is 0.842 bits per heavy atom. The molecule has 3 fully saturated rings. The molecule has 6 rings (SSSR count). The molecule has 1 N–H and O–H groups in total. The van der Waals surface area contributed by atoms with E-state index in [0.717, 1.165) is 11.1 Å². The van der Waals surface area contributed by atoms with Gasteiger partial charge in [0.05, 0.1) is 6.42 Å². The molecule has 0 bridgehead atoms. The predicted octanol–water partition coefficient (Wildman–Crippen LogP) is 5.65. The van der Waals surface area contributed by atoms with Crippen LogP contribution in [0.15, 0.2) is 83.6 Å². The minimum absolute atomic E-state index is 0.0162. The van der Waals surface area contributed by atoms with Crippen LogP contribution in [0.2, 0.25) is 0 Å². The Morgan fingerprint density at radius 3 is 2.02 bits per heavy atom. The highest BCUT2D eigenvalue weighted by Crippen LogP contribution is 2.43. The number of hydrogen-bond acceptors (Lipinski definition) is 10. The minimum atomic E-state index is -0.917. The van der Waals surface area contributed by atoms with Crippen LogP contribution in [0.5, 0.6) is 0 Å². The highest BCUT2D eigenvalue weighted by atomic mass is 32.2. The normalized spacial score (nSPS) is 21.0. The van der Waals surface area contributed by atoms with E-state index in [1.54, 1.807) is 52.5 Å². The lowest BCUT2D eigenvalue weighted by Crippen LogP contribution is -2.70. The zero-order valence-electron chi connectivity index (χ0n) is 33.4. The molecule has 2 atom stereocenters. The number of likely N-dealkylation sites (tertiary alicyclic amines) is 2. The monoisotopic (exact) mass is 800 g/mol. The summed E-state index contributed by atoms with van der Waals surface area (Å²) in [5.41, 5.74) is 1.16. The zero-order valence-corrected chi connectivity index (χ0v) is 34.3. The van der Waals surface area contributed by atoms with E-state index in [-0.39, 0.29) is 42.1 Å². The van der Waals surface area contributed by atoms with Crippen LogP contribution in [-0.4, -0.2) is 104 Å². The van der Waals surface area contributed by atoms with Gasteiger partial charge in [0.25, 0.3) is 5.91 Å². The molecule has 0 unspecified atom stereocenters. The standard InChI is InChI=1S/C43H52N4O9S/c1-42(2,3)55-33(49)18-17-32(48)45-22-20-31(21-23-45)46-24-19-29(37(46)50)25-30-26-57-39-34(44-41(53)56-43(4,5)6)38(51)47(39)35(30)40(52)54-36(27-13-9-7-10-14-27)28-15-11-8-12-16-28/h7-16,25,31,34,36,39H,17-24,26H2,1-6H3,(H,44,53)/b29-25+/t34-,39-/m1/s1. The lowest BCUT2D eigenvalue weighted by molar-refractivity contribution is -0.156. The number of amides is 4. The number of carbonyl (C=O) groups excluding carboxylic acids is 6. The Morgan fingerprint density at radius 2 is 1.44 bits per heavy atom. The van der Waals surface area contributed by atoms with E-state index in [2.05, 4.69) is 5.32 Å². The van der Waals surface area contributed by atoms with Gasteiger partial charge in [-0.05, 0) is 83.6 Å². The molecule has 0 saturated carbocycles. The molecule has 13 nitrogen and oxygen atoms in total. The SMILES string of the molecule is CC(C)(C)OC(=O)CCC(=O)N1CCC(N2CC/C(=C\C3=C(C(=O)OC(c4ccccc4)c4ccccc4)N4C(=O)[C@@H](NC(=O)OC(C)(C)C)[C@H]4SC3)C2=O)CC1. The number of thioether (sulfide) groups is 1. The van der Waals surface area contributed by atoms with Crippen molar-refractivity contribution in [3.05, 3.63) is 94.7 Å². The molecule has 0 radical (unpaired) electrons. The van der Waals surface area contributed by atoms with Crippen molar-refractivity contribution in [1.29, 1.82) is 0 Å². The number of allylic oxidation sites excluding steroid dienone is 1. The van der Waals surface area contributed by atoms with Crippen molar-refractivity contribution in [3.8, 4) is 0 Å². The molecule has 2 aromatic rings. The summed E-state index contributed by atoms with van der Waals surface area (Å²) < 4.78 is 17.0. The highest BCUT2D eigenvalue weighted by Gasteiger charge is 2.55. The van der Waals surface area contributed by atoms with Crippen molar-refractivity contribution >= 4 is 47.5 Å². The summed E-state index contributed by atoms with van der Waals surface area (Å²) in [6.45, 7) is 12.0. The predicted molar refractivity (Wildman–Crippen MR) is 213 cm³/mol. The maximum atomic E-state index is 14.4. The number of ether oxygens (including phenoxy) is 3. The van der Waals surface area contributed by atoms with Crippen LogP contribution in [0.3, 0.4) is 0 Å². The van der Waals surface area contributed by atoms with Gasteiger partial charge in [0.1, 0.15) is 28.3 Å². The van der Waals surface area contributed by atoms with Crippen LogP contribution in [-0.2, 0) is 38.2 Å². The first kappa shape index (κ1) is 41.5. The number of β-lactam (4-membered cyclic amide) rings is 1. The molecule has 304 valence electrons. The molecule has 4 aliphatic heterocycles. The van der Waals surface area contributed by atoms with Crippen LogP contribution >= 0.6 is 11.8 Å². The Kier molecular flexibility index (Phi) is 12.5. The number of benzene rings is 2. The number of piperidine rings is 1. The van der Waals surface area contributed by atoms with Gasteiger partial charge >= 0.3 is 18.0 Å². The van der Waals surface area contributed by atoms with Gasteiger partial charge in [-0.2, -0.15) is 0 Å². The van der Waals surface area contributed by atoms with Crippen molar-refractivity contribution in [2.45, 2.75) is 108 Å². The molecule has 0 aromatic heterocycles. The molecule has 4 amide bonds. The van der Waals surface area contributed by atoms with Gasteiger partial charge in [0.2, 0.25) is 11.8 Å². The molecule has 4 heterocycles. The first-order valence-corrected chi connectivity index (χ1v) is 20.5. The number of carbonyl (C=O) groups is 6. The van der Waals surface area contributed by atoms with Gasteiger partial charge in [-0.15, -0.1) is 11.8 Å². The van der Waals surface area contributed by atoms with E-state index in [1.165, 1.54) is 16.7 Å². The van der Waals surface area contributed by atoms with Gasteiger partial charge in [-0.25, -0.2) is 9.59 Å². The second-order valence-corrected chi connectivity index (χ2v) is 17.7. The van der Waals surface area contributed by atoms with E-state index in [1.807, 2.05) is 65.6 Å². The number of nitrogens with zero attached hydrogens (tertiary/aromatic N) is 3. The van der Waals surface area contributed by atoms with Gasteiger partial charge in [-0.1, -0.05) is 60.7 Å². The highest BCUT2D eigenvalue weighted by molar-refractivity contribution is 8.00. The molecular formula is C43H52N4O9S. The summed E-state index contributed by atoms with van der Waals surface area (Å²) >= 11 is 1.38. The van der Waals surface area contributed by atoms with Crippen LogP contribution in [0.4, 0.5) is 4.79 Å². The topological polar surface area (TPSA) is 152 Å².